The zero-order valence-electron chi connectivity index (χ0n) is 12.1. The van der Waals surface area contributed by atoms with E-state index >= 15 is 0 Å². The van der Waals surface area contributed by atoms with Crippen molar-refractivity contribution in [3.63, 3.8) is 0 Å². The molecule has 1 fully saturated rings. The summed E-state index contributed by atoms with van der Waals surface area (Å²) in [6.07, 6.45) is 4.90. The molecule has 2 amide bonds. The maximum absolute atomic E-state index is 12.6. The maximum atomic E-state index is 12.6. The third kappa shape index (κ3) is 2.92. The summed E-state index contributed by atoms with van der Waals surface area (Å²) in [7, 11) is 0. The van der Waals surface area contributed by atoms with E-state index in [-0.39, 0.29) is 17.7 Å². The van der Waals surface area contributed by atoms with Crippen molar-refractivity contribution in [2.24, 2.45) is 11.8 Å². The Morgan fingerprint density at radius 1 is 1.26 bits per heavy atom. The van der Waals surface area contributed by atoms with Gasteiger partial charge in [0.2, 0.25) is 11.8 Å². The van der Waals surface area contributed by atoms with Gasteiger partial charge >= 0.3 is 0 Å². The number of carbonyl (C=O) groups excluding carboxylic acids is 3. The van der Waals surface area contributed by atoms with Gasteiger partial charge in [-0.25, -0.2) is 0 Å². The van der Waals surface area contributed by atoms with E-state index in [1.165, 1.54) is 11.0 Å². The van der Waals surface area contributed by atoms with Gasteiger partial charge in [0.25, 0.3) is 0 Å². The topological polar surface area (TPSA) is 77.5 Å². The number of imide groups is 1. The zero-order chi connectivity index (χ0) is 16.6. The van der Waals surface area contributed by atoms with E-state index < -0.39 is 11.9 Å². The standard InChI is InChI=1S/C17H14ClNO4/c18-11-5-6-13-14(9-11)17(23)19(16(13)22)12-3-1-2-10(8-12)4-7-15(20)21/h1-5,7-8,13-14H,6,9H2,(H,20,21)/p-1/b7-4+/t13-,14+/m0/s1. The molecule has 1 aliphatic heterocycles. The molecule has 0 radical (unpaired) electrons. The predicted octanol–water partition coefficient (Wildman–Crippen LogP) is 1.47. The van der Waals surface area contributed by atoms with Crippen LogP contribution in [0.1, 0.15) is 18.4 Å². The van der Waals surface area contributed by atoms with Crippen molar-refractivity contribution in [1.29, 1.82) is 0 Å². The number of hydrogen-bond acceptors (Lipinski definition) is 4. The number of anilines is 1. The summed E-state index contributed by atoms with van der Waals surface area (Å²) in [5.41, 5.74) is 1.00. The second kappa shape index (κ2) is 6.01. The average molecular weight is 331 g/mol. The van der Waals surface area contributed by atoms with E-state index in [1.807, 2.05) is 0 Å². The molecule has 1 heterocycles. The fraction of sp³-hybridized carbons (Fsp3) is 0.235. The van der Waals surface area contributed by atoms with Crippen molar-refractivity contribution in [3.8, 4) is 0 Å². The molecule has 0 unspecified atom stereocenters. The van der Waals surface area contributed by atoms with Crippen molar-refractivity contribution in [2.45, 2.75) is 12.8 Å². The molecule has 5 nitrogen and oxygen atoms in total. The third-order valence-electron chi connectivity index (χ3n) is 4.11. The number of fused-ring (bicyclic) bond motifs is 1. The highest BCUT2D eigenvalue weighted by atomic mass is 35.5. The molecule has 0 N–H and O–H groups in total. The molecule has 0 saturated carbocycles. The van der Waals surface area contributed by atoms with Gasteiger partial charge in [0.05, 0.1) is 23.5 Å². The van der Waals surface area contributed by atoms with Crippen LogP contribution < -0.4 is 10.0 Å². The van der Waals surface area contributed by atoms with Crippen LogP contribution in [0.4, 0.5) is 5.69 Å². The Morgan fingerprint density at radius 2 is 2.00 bits per heavy atom. The SMILES string of the molecule is O=C([O-])/C=C/c1cccc(N2C(=O)[C@H]3CC=C(Cl)C[C@H]3C2=O)c1. The second-order valence-corrected chi connectivity index (χ2v) is 6.05. The van der Waals surface area contributed by atoms with Crippen molar-refractivity contribution >= 4 is 41.1 Å². The largest absolute Gasteiger partial charge is 0.545 e. The average Bonchev–Trinajstić information content (AvgIpc) is 2.76. The van der Waals surface area contributed by atoms with Crippen LogP contribution in [0.25, 0.3) is 6.08 Å². The van der Waals surface area contributed by atoms with E-state index in [0.29, 0.717) is 29.1 Å². The molecule has 1 saturated heterocycles. The summed E-state index contributed by atoms with van der Waals surface area (Å²) < 4.78 is 0. The van der Waals surface area contributed by atoms with E-state index in [0.717, 1.165) is 6.08 Å². The minimum absolute atomic E-state index is 0.235. The summed E-state index contributed by atoms with van der Waals surface area (Å²) in [4.78, 5) is 36.8. The number of rotatable bonds is 3. The number of halogens is 1. The van der Waals surface area contributed by atoms with Crippen LogP contribution in [0, 0.1) is 11.8 Å². The van der Waals surface area contributed by atoms with E-state index in [2.05, 4.69) is 0 Å². The molecule has 0 spiro atoms. The fourth-order valence-electron chi connectivity index (χ4n) is 3.01. The molecule has 2 aliphatic rings. The third-order valence-corrected chi connectivity index (χ3v) is 4.42. The van der Waals surface area contributed by atoms with Crippen LogP contribution in [0.3, 0.4) is 0 Å². The lowest BCUT2D eigenvalue weighted by Crippen LogP contribution is -2.30. The zero-order valence-corrected chi connectivity index (χ0v) is 12.8. The van der Waals surface area contributed by atoms with Crippen molar-refractivity contribution in [1.82, 2.24) is 0 Å². The van der Waals surface area contributed by atoms with Crippen molar-refractivity contribution < 1.29 is 19.5 Å². The van der Waals surface area contributed by atoms with Gasteiger partial charge in [0, 0.05) is 5.03 Å². The molecule has 23 heavy (non-hydrogen) atoms. The molecule has 3 rings (SSSR count). The number of amides is 2. The highest BCUT2D eigenvalue weighted by Gasteiger charge is 2.48. The fourth-order valence-corrected chi connectivity index (χ4v) is 3.27. The van der Waals surface area contributed by atoms with Gasteiger partial charge in [0.1, 0.15) is 0 Å². The monoisotopic (exact) mass is 330 g/mol. The number of aliphatic carboxylic acids is 1. The molecule has 0 bridgehead atoms. The summed E-state index contributed by atoms with van der Waals surface area (Å²) in [5.74, 6) is -2.58. The number of carboxylic acid groups (broad SMARTS) is 1. The molecule has 2 atom stereocenters. The normalized spacial score (nSPS) is 24.0. The van der Waals surface area contributed by atoms with Crippen LogP contribution in [0.5, 0.6) is 0 Å². The Morgan fingerprint density at radius 3 is 2.74 bits per heavy atom. The van der Waals surface area contributed by atoms with Crippen LogP contribution in [0.15, 0.2) is 41.4 Å². The summed E-state index contributed by atoms with van der Waals surface area (Å²) in [6.45, 7) is 0. The van der Waals surface area contributed by atoms with Crippen LogP contribution >= 0.6 is 11.6 Å². The van der Waals surface area contributed by atoms with Gasteiger partial charge in [-0.05, 0) is 36.6 Å². The number of nitrogens with zero attached hydrogens (tertiary/aromatic N) is 1. The Kier molecular flexibility index (Phi) is 4.05. The lowest BCUT2D eigenvalue weighted by molar-refractivity contribution is -0.297. The molecule has 1 aliphatic carbocycles. The van der Waals surface area contributed by atoms with Gasteiger partial charge in [-0.15, -0.1) is 0 Å². The lowest BCUT2D eigenvalue weighted by atomic mass is 9.85. The predicted molar refractivity (Wildman–Crippen MR) is 83.1 cm³/mol. The molecule has 1 aromatic carbocycles. The number of hydrogen-bond donors (Lipinski definition) is 0. The molecule has 118 valence electrons. The lowest BCUT2D eigenvalue weighted by Gasteiger charge is -2.17. The Bertz CT molecular complexity index is 753. The molecule has 0 aromatic heterocycles. The Hall–Kier alpha value is -2.40. The summed E-state index contributed by atoms with van der Waals surface area (Å²) in [5, 5.41) is 11.1. The summed E-state index contributed by atoms with van der Waals surface area (Å²) >= 11 is 5.99. The molecular formula is C17H13ClNO4-. The van der Waals surface area contributed by atoms with Crippen LogP contribution in [-0.2, 0) is 14.4 Å². The van der Waals surface area contributed by atoms with Gasteiger partial charge in [-0.3, -0.25) is 14.5 Å². The van der Waals surface area contributed by atoms with Crippen molar-refractivity contribution in [2.75, 3.05) is 4.90 Å². The van der Waals surface area contributed by atoms with Crippen molar-refractivity contribution in [3.05, 3.63) is 47.0 Å². The molecular weight excluding hydrogens is 318 g/mol. The number of carboxylic acids is 1. The van der Waals surface area contributed by atoms with Gasteiger partial charge < -0.3 is 9.90 Å². The van der Waals surface area contributed by atoms with E-state index in [1.54, 1.807) is 30.3 Å². The second-order valence-electron chi connectivity index (χ2n) is 5.56. The minimum atomic E-state index is -1.31. The molecule has 1 aromatic rings. The smallest absolute Gasteiger partial charge is 0.238 e. The molecule has 6 heteroatoms. The first-order valence-electron chi connectivity index (χ1n) is 7.19. The number of carbonyl (C=O) groups is 3. The highest BCUT2D eigenvalue weighted by Crippen LogP contribution is 2.40. The van der Waals surface area contributed by atoms with Gasteiger partial charge in [-0.2, -0.15) is 0 Å². The maximum Gasteiger partial charge on any atom is 0.238 e. The highest BCUT2D eigenvalue weighted by molar-refractivity contribution is 6.30. The first-order valence-corrected chi connectivity index (χ1v) is 7.56. The number of benzene rings is 1. The van der Waals surface area contributed by atoms with Crippen LogP contribution in [-0.4, -0.2) is 17.8 Å². The van der Waals surface area contributed by atoms with Gasteiger partial charge in [0.15, 0.2) is 0 Å². The Labute approximate surface area is 137 Å². The van der Waals surface area contributed by atoms with Gasteiger partial charge in [-0.1, -0.05) is 35.9 Å². The minimum Gasteiger partial charge on any atom is -0.545 e. The first kappa shape index (κ1) is 15.5. The van der Waals surface area contributed by atoms with E-state index in [9.17, 15) is 19.5 Å². The van der Waals surface area contributed by atoms with E-state index in [4.69, 9.17) is 11.6 Å². The quantitative estimate of drug-likeness (QED) is 0.621. The summed E-state index contributed by atoms with van der Waals surface area (Å²) in [6, 6.07) is 6.59. The first-order chi connectivity index (χ1) is 11.0. The van der Waals surface area contributed by atoms with Crippen LogP contribution in [0.2, 0.25) is 0 Å². The number of allylic oxidation sites excluding steroid dienone is 2. The Balaban J connectivity index is 1.91.